The second kappa shape index (κ2) is 7.06. The van der Waals surface area contributed by atoms with E-state index in [9.17, 15) is 4.79 Å². The Kier molecular flexibility index (Phi) is 5.58. The van der Waals surface area contributed by atoms with E-state index in [1.54, 1.807) is 4.90 Å². The van der Waals surface area contributed by atoms with Gasteiger partial charge in [-0.3, -0.25) is 0 Å². The highest BCUT2D eigenvalue weighted by Crippen LogP contribution is 2.29. The van der Waals surface area contributed by atoms with Crippen molar-refractivity contribution in [3.8, 4) is 5.75 Å². The molecule has 1 heterocycles. The molecule has 0 saturated carbocycles. The van der Waals surface area contributed by atoms with Gasteiger partial charge in [-0.05, 0) is 86.9 Å². The fourth-order valence-corrected chi connectivity index (χ4v) is 3.00. The summed E-state index contributed by atoms with van der Waals surface area (Å²) >= 11 is 2.31. The number of fused-ring (bicyclic) bond motifs is 1. The van der Waals surface area contributed by atoms with E-state index in [0.29, 0.717) is 13.1 Å². The van der Waals surface area contributed by atoms with E-state index in [2.05, 4.69) is 28.7 Å². The molecule has 1 aliphatic heterocycles. The molecule has 0 saturated heterocycles. The lowest BCUT2D eigenvalue weighted by molar-refractivity contribution is 0.0166. The van der Waals surface area contributed by atoms with Gasteiger partial charge in [-0.15, -0.1) is 0 Å². The van der Waals surface area contributed by atoms with E-state index >= 15 is 0 Å². The number of benzene rings is 1. The van der Waals surface area contributed by atoms with Gasteiger partial charge in [-0.2, -0.15) is 0 Å². The summed E-state index contributed by atoms with van der Waals surface area (Å²) in [6, 6.07) is 6.23. The van der Waals surface area contributed by atoms with Gasteiger partial charge in [-0.1, -0.05) is 0 Å². The molecule has 1 amide bonds. The molecular weight excluding hydrogens is 393 g/mol. The van der Waals surface area contributed by atoms with Crippen LogP contribution in [0.25, 0.3) is 0 Å². The van der Waals surface area contributed by atoms with E-state index in [-0.39, 0.29) is 12.2 Å². The minimum Gasteiger partial charge on any atom is -0.488 e. The number of carbonyl (C=O) groups excluding carboxylic acids is 1. The van der Waals surface area contributed by atoms with E-state index in [4.69, 9.17) is 9.47 Å². The number of nitrogens with zero attached hydrogens (tertiary/aromatic N) is 1. The van der Waals surface area contributed by atoms with Crippen LogP contribution in [0.2, 0.25) is 0 Å². The minimum atomic E-state index is -0.471. The summed E-state index contributed by atoms with van der Waals surface area (Å²) in [5.74, 6) is 0.942. The number of likely N-dealkylation sites (N-methyl/N-ethyl adjacent to an activating group) is 1. The fraction of sp³-hybridized carbons (Fsp3) is 0.588. The second-order valence-electron chi connectivity index (χ2n) is 6.55. The summed E-state index contributed by atoms with van der Waals surface area (Å²) in [6.45, 7) is 8.79. The van der Waals surface area contributed by atoms with Crippen molar-refractivity contribution < 1.29 is 14.3 Å². The first-order valence-electron chi connectivity index (χ1n) is 7.71. The van der Waals surface area contributed by atoms with Crippen molar-refractivity contribution in [3.63, 3.8) is 0 Å². The monoisotopic (exact) mass is 417 g/mol. The van der Waals surface area contributed by atoms with E-state index in [0.717, 1.165) is 18.6 Å². The van der Waals surface area contributed by atoms with Crippen LogP contribution in [0.5, 0.6) is 5.75 Å². The van der Waals surface area contributed by atoms with Gasteiger partial charge in [0.25, 0.3) is 0 Å². The molecule has 1 aromatic rings. The molecule has 0 bridgehead atoms. The molecule has 2 rings (SSSR count). The molecule has 0 spiro atoms. The topological polar surface area (TPSA) is 38.8 Å². The molecule has 0 radical (unpaired) electrons. The Morgan fingerprint density at radius 3 is 2.82 bits per heavy atom. The van der Waals surface area contributed by atoms with Crippen LogP contribution in [-0.2, 0) is 11.2 Å². The number of rotatable bonds is 3. The maximum absolute atomic E-state index is 12.2. The van der Waals surface area contributed by atoms with Crippen molar-refractivity contribution in [2.75, 3.05) is 13.1 Å². The molecule has 0 aromatic heterocycles. The molecule has 5 heteroatoms. The average Bonchev–Trinajstić information content (AvgIpc) is 2.42. The number of hydrogen-bond donors (Lipinski definition) is 0. The molecule has 0 N–H and O–H groups in total. The minimum absolute atomic E-state index is 0.0278. The maximum Gasteiger partial charge on any atom is 0.410 e. The highest BCUT2D eigenvalue weighted by atomic mass is 127. The van der Waals surface area contributed by atoms with Gasteiger partial charge in [0.05, 0.1) is 6.54 Å². The van der Waals surface area contributed by atoms with Crippen LogP contribution >= 0.6 is 22.6 Å². The van der Waals surface area contributed by atoms with Crippen molar-refractivity contribution in [1.82, 2.24) is 4.90 Å². The number of carbonyl (C=O) groups is 1. The second-order valence-corrected chi connectivity index (χ2v) is 7.80. The normalized spacial score (nSPS) is 17.4. The van der Waals surface area contributed by atoms with Crippen molar-refractivity contribution in [2.45, 2.75) is 52.2 Å². The summed E-state index contributed by atoms with van der Waals surface area (Å²) < 4.78 is 12.7. The zero-order chi connectivity index (χ0) is 16.3. The average molecular weight is 417 g/mol. The lowest BCUT2D eigenvalue weighted by Crippen LogP contribution is -2.43. The molecule has 122 valence electrons. The first kappa shape index (κ1) is 17.4. The Labute approximate surface area is 146 Å². The molecule has 1 aromatic carbocycles. The molecule has 0 aliphatic carbocycles. The summed E-state index contributed by atoms with van der Waals surface area (Å²) in [6.07, 6.45) is 1.67. The van der Waals surface area contributed by atoms with Gasteiger partial charge in [0.1, 0.15) is 17.5 Å². The van der Waals surface area contributed by atoms with Crippen LogP contribution in [0.4, 0.5) is 4.79 Å². The van der Waals surface area contributed by atoms with Crippen LogP contribution in [0.3, 0.4) is 0 Å². The van der Waals surface area contributed by atoms with E-state index < -0.39 is 5.60 Å². The highest BCUT2D eigenvalue weighted by Gasteiger charge is 2.26. The van der Waals surface area contributed by atoms with E-state index in [1.165, 1.54) is 9.13 Å². The zero-order valence-electron chi connectivity index (χ0n) is 13.7. The molecule has 0 fully saturated rings. The standard InChI is InChI=1S/C17H24INO3/c1-5-19(16(20)22-17(2,3)4)11-14-8-6-12-10-13(18)7-9-15(12)21-14/h7,9-10,14H,5-6,8,11H2,1-4H3/t14-/m0/s1. The lowest BCUT2D eigenvalue weighted by atomic mass is 10.0. The predicted octanol–water partition coefficient (Wildman–Crippen LogP) is 4.24. The van der Waals surface area contributed by atoms with Crippen LogP contribution < -0.4 is 4.74 Å². The zero-order valence-corrected chi connectivity index (χ0v) is 15.8. The van der Waals surface area contributed by atoms with Crippen molar-refractivity contribution >= 4 is 28.7 Å². The first-order valence-corrected chi connectivity index (χ1v) is 8.79. The Morgan fingerprint density at radius 1 is 1.45 bits per heavy atom. The number of hydrogen-bond acceptors (Lipinski definition) is 3. The van der Waals surface area contributed by atoms with Crippen LogP contribution in [0, 0.1) is 3.57 Å². The third kappa shape index (κ3) is 4.76. The summed E-state index contributed by atoms with van der Waals surface area (Å²) in [4.78, 5) is 13.9. The van der Waals surface area contributed by atoms with Crippen LogP contribution in [-0.4, -0.2) is 35.8 Å². The molecule has 22 heavy (non-hydrogen) atoms. The third-order valence-corrected chi connectivity index (χ3v) is 4.18. The Bertz CT molecular complexity index is 539. The summed E-state index contributed by atoms with van der Waals surface area (Å²) in [5, 5.41) is 0. The maximum atomic E-state index is 12.2. The molecule has 1 aliphatic rings. The summed E-state index contributed by atoms with van der Waals surface area (Å²) in [7, 11) is 0. The quantitative estimate of drug-likeness (QED) is 0.691. The number of amides is 1. The molecular formula is C17H24INO3. The Balaban J connectivity index is 1.98. The van der Waals surface area contributed by atoms with Gasteiger partial charge < -0.3 is 14.4 Å². The number of halogens is 1. The van der Waals surface area contributed by atoms with Gasteiger partial charge in [0, 0.05) is 10.1 Å². The van der Waals surface area contributed by atoms with Crippen molar-refractivity contribution in [3.05, 3.63) is 27.3 Å². The van der Waals surface area contributed by atoms with Gasteiger partial charge >= 0.3 is 6.09 Å². The van der Waals surface area contributed by atoms with Gasteiger partial charge in [0.2, 0.25) is 0 Å². The van der Waals surface area contributed by atoms with Crippen molar-refractivity contribution in [2.24, 2.45) is 0 Å². The number of aryl methyl sites for hydroxylation is 1. The third-order valence-electron chi connectivity index (χ3n) is 3.51. The van der Waals surface area contributed by atoms with Crippen LogP contribution in [0.1, 0.15) is 39.7 Å². The SMILES string of the molecule is CCN(C[C@@H]1CCc2cc(I)ccc2O1)C(=O)OC(C)(C)C. The molecule has 4 nitrogen and oxygen atoms in total. The first-order chi connectivity index (χ1) is 10.3. The van der Waals surface area contributed by atoms with E-state index in [1.807, 2.05) is 39.8 Å². The summed E-state index contributed by atoms with van der Waals surface area (Å²) in [5.41, 5.74) is 0.782. The smallest absolute Gasteiger partial charge is 0.410 e. The van der Waals surface area contributed by atoms with Gasteiger partial charge in [0.15, 0.2) is 0 Å². The Hall–Kier alpha value is -0.980. The number of ether oxygens (including phenoxy) is 2. The lowest BCUT2D eigenvalue weighted by Gasteiger charge is -2.32. The van der Waals surface area contributed by atoms with Crippen LogP contribution in [0.15, 0.2) is 18.2 Å². The highest BCUT2D eigenvalue weighted by molar-refractivity contribution is 14.1. The molecule has 0 unspecified atom stereocenters. The van der Waals surface area contributed by atoms with Gasteiger partial charge in [-0.25, -0.2) is 4.79 Å². The fourth-order valence-electron chi connectivity index (χ4n) is 2.45. The predicted molar refractivity (Wildman–Crippen MR) is 95.4 cm³/mol. The largest absolute Gasteiger partial charge is 0.488 e. The Morgan fingerprint density at radius 2 is 2.18 bits per heavy atom. The van der Waals surface area contributed by atoms with Crippen molar-refractivity contribution in [1.29, 1.82) is 0 Å². The molecule has 1 atom stereocenters.